The molecule has 0 amide bonds. The van der Waals surface area contributed by atoms with Gasteiger partial charge >= 0.3 is 0 Å². The van der Waals surface area contributed by atoms with Gasteiger partial charge in [-0.05, 0) is 17.7 Å². The minimum absolute atomic E-state index is 0.268. The molecule has 1 aromatic heterocycles. The van der Waals surface area contributed by atoms with Crippen LogP contribution in [-0.4, -0.2) is 42.9 Å². The quantitative estimate of drug-likeness (QED) is 0.875. The molecule has 0 radical (unpaired) electrons. The number of hydrogen-bond donors (Lipinski definition) is 1. The summed E-state index contributed by atoms with van der Waals surface area (Å²) >= 11 is 7.28. The molecule has 0 aliphatic carbocycles. The van der Waals surface area contributed by atoms with Gasteiger partial charge in [-0.15, -0.1) is 11.3 Å². The van der Waals surface area contributed by atoms with Gasteiger partial charge in [-0.25, -0.2) is 13.4 Å². The van der Waals surface area contributed by atoms with Gasteiger partial charge in [0.25, 0.3) is 0 Å². The number of nitrogens with one attached hydrogen (secondary N) is 1. The van der Waals surface area contributed by atoms with Crippen LogP contribution in [0.25, 0.3) is 0 Å². The Balaban J connectivity index is 1.51. The standard InChI is InChI=1S/C15H18ClN3O2S2/c16-15-18-10-14(22-15)9-17-13-3-1-12(2-4-13)11-19-5-7-23(20,21)8-6-19/h1-4,10,17H,5-9,11H2. The van der Waals surface area contributed by atoms with Crippen molar-refractivity contribution in [1.82, 2.24) is 9.88 Å². The lowest BCUT2D eigenvalue weighted by molar-refractivity contribution is 0.287. The number of benzene rings is 1. The van der Waals surface area contributed by atoms with Gasteiger partial charge in [0.15, 0.2) is 14.3 Å². The highest BCUT2D eigenvalue weighted by Crippen LogP contribution is 2.19. The van der Waals surface area contributed by atoms with Gasteiger partial charge in [-0.2, -0.15) is 0 Å². The molecule has 124 valence electrons. The topological polar surface area (TPSA) is 62.3 Å². The molecule has 1 aliphatic rings. The first-order valence-electron chi connectivity index (χ1n) is 7.36. The molecule has 8 heteroatoms. The van der Waals surface area contributed by atoms with Crippen LogP contribution >= 0.6 is 22.9 Å². The van der Waals surface area contributed by atoms with Crippen molar-refractivity contribution in [3.8, 4) is 0 Å². The highest BCUT2D eigenvalue weighted by Gasteiger charge is 2.21. The Kier molecular flexibility index (Phi) is 5.21. The Labute approximate surface area is 145 Å². The predicted octanol–water partition coefficient (Wildman–Crippen LogP) is 2.64. The molecular weight excluding hydrogens is 354 g/mol. The third-order valence-electron chi connectivity index (χ3n) is 3.79. The zero-order valence-electron chi connectivity index (χ0n) is 12.5. The molecule has 1 aliphatic heterocycles. The van der Waals surface area contributed by atoms with Crippen LogP contribution in [0, 0.1) is 0 Å². The van der Waals surface area contributed by atoms with Gasteiger partial charge in [0.05, 0.1) is 18.1 Å². The lowest BCUT2D eigenvalue weighted by Gasteiger charge is -2.26. The van der Waals surface area contributed by atoms with E-state index in [4.69, 9.17) is 11.6 Å². The zero-order valence-corrected chi connectivity index (χ0v) is 14.9. The Bertz CT molecular complexity index is 745. The molecule has 23 heavy (non-hydrogen) atoms. The number of sulfone groups is 1. The van der Waals surface area contributed by atoms with E-state index >= 15 is 0 Å². The van der Waals surface area contributed by atoms with Crippen molar-refractivity contribution in [2.45, 2.75) is 13.1 Å². The summed E-state index contributed by atoms with van der Waals surface area (Å²) in [6.07, 6.45) is 1.78. The van der Waals surface area contributed by atoms with Crippen molar-refractivity contribution in [2.75, 3.05) is 29.9 Å². The highest BCUT2D eigenvalue weighted by atomic mass is 35.5. The Morgan fingerprint density at radius 2 is 1.91 bits per heavy atom. The van der Waals surface area contributed by atoms with E-state index in [1.807, 2.05) is 12.1 Å². The van der Waals surface area contributed by atoms with Crippen molar-refractivity contribution in [3.63, 3.8) is 0 Å². The summed E-state index contributed by atoms with van der Waals surface area (Å²) in [5.74, 6) is 0.536. The van der Waals surface area contributed by atoms with Crippen molar-refractivity contribution in [2.24, 2.45) is 0 Å². The maximum Gasteiger partial charge on any atom is 0.183 e. The molecule has 1 fully saturated rings. The number of hydrogen-bond acceptors (Lipinski definition) is 6. The van der Waals surface area contributed by atoms with Crippen molar-refractivity contribution >= 4 is 38.5 Å². The number of anilines is 1. The largest absolute Gasteiger partial charge is 0.380 e. The molecule has 5 nitrogen and oxygen atoms in total. The number of aromatic nitrogens is 1. The van der Waals surface area contributed by atoms with Crippen LogP contribution in [0.3, 0.4) is 0 Å². The average molecular weight is 372 g/mol. The van der Waals surface area contributed by atoms with Crippen LogP contribution in [0.2, 0.25) is 4.47 Å². The van der Waals surface area contributed by atoms with E-state index in [1.165, 1.54) is 16.9 Å². The Hall–Kier alpha value is -1.15. The van der Waals surface area contributed by atoms with Gasteiger partial charge in [0, 0.05) is 36.4 Å². The maximum atomic E-state index is 11.4. The number of rotatable bonds is 5. The van der Waals surface area contributed by atoms with Crippen LogP contribution in [0.5, 0.6) is 0 Å². The van der Waals surface area contributed by atoms with Crippen LogP contribution in [-0.2, 0) is 22.9 Å². The second-order valence-corrected chi connectivity index (χ2v) is 9.56. The monoisotopic (exact) mass is 371 g/mol. The lowest BCUT2D eigenvalue weighted by atomic mass is 10.2. The summed E-state index contributed by atoms with van der Waals surface area (Å²) in [5, 5.41) is 3.33. The predicted molar refractivity (Wildman–Crippen MR) is 94.8 cm³/mol. The van der Waals surface area contributed by atoms with E-state index < -0.39 is 9.84 Å². The third-order valence-corrected chi connectivity index (χ3v) is 6.51. The molecule has 2 heterocycles. The lowest BCUT2D eigenvalue weighted by Crippen LogP contribution is -2.39. The van der Waals surface area contributed by atoms with E-state index in [0.717, 1.165) is 17.1 Å². The third kappa shape index (κ3) is 4.91. The SMILES string of the molecule is O=S1(=O)CCN(Cc2ccc(NCc3cnc(Cl)s3)cc2)CC1. The Morgan fingerprint density at radius 3 is 2.52 bits per heavy atom. The fraction of sp³-hybridized carbons (Fsp3) is 0.400. The minimum Gasteiger partial charge on any atom is -0.380 e. The molecule has 0 unspecified atom stereocenters. The molecule has 0 saturated carbocycles. The number of thiazole rings is 1. The second kappa shape index (κ2) is 7.17. The fourth-order valence-electron chi connectivity index (χ4n) is 2.45. The summed E-state index contributed by atoms with van der Waals surface area (Å²) in [6, 6.07) is 8.23. The van der Waals surface area contributed by atoms with E-state index in [2.05, 4.69) is 27.3 Å². The van der Waals surface area contributed by atoms with Crippen LogP contribution < -0.4 is 5.32 Å². The summed E-state index contributed by atoms with van der Waals surface area (Å²) < 4.78 is 23.4. The zero-order chi connectivity index (χ0) is 16.3. The highest BCUT2D eigenvalue weighted by molar-refractivity contribution is 7.91. The number of nitrogens with zero attached hydrogens (tertiary/aromatic N) is 2. The number of halogens is 1. The van der Waals surface area contributed by atoms with Crippen LogP contribution in [0.4, 0.5) is 5.69 Å². The molecule has 1 N–H and O–H groups in total. The van der Waals surface area contributed by atoms with Crippen LogP contribution in [0.1, 0.15) is 10.4 Å². The normalized spacial score (nSPS) is 18.0. The maximum absolute atomic E-state index is 11.4. The summed E-state index contributed by atoms with van der Waals surface area (Å²) in [4.78, 5) is 7.29. The first-order chi connectivity index (χ1) is 11.0. The van der Waals surface area contributed by atoms with E-state index in [-0.39, 0.29) is 11.5 Å². The van der Waals surface area contributed by atoms with Crippen LogP contribution in [0.15, 0.2) is 30.5 Å². The minimum atomic E-state index is -2.81. The first-order valence-corrected chi connectivity index (χ1v) is 10.4. The molecular formula is C15H18ClN3O2S2. The summed E-state index contributed by atoms with van der Waals surface area (Å²) in [6.45, 7) is 2.73. The van der Waals surface area contributed by atoms with Gasteiger partial charge < -0.3 is 5.32 Å². The van der Waals surface area contributed by atoms with E-state index in [1.54, 1.807) is 6.20 Å². The second-order valence-electron chi connectivity index (χ2n) is 5.56. The van der Waals surface area contributed by atoms with Crippen molar-refractivity contribution in [3.05, 3.63) is 45.4 Å². The molecule has 2 aromatic rings. The molecule has 0 spiro atoms. The van der Waals surface area contributed by atoms with Crippen molar-refractivity contribution < 1.29 is 8.42 Å². The summed E-state index contributed by atoms with van der Waals surface area (Å²) in [7, 11) is -2.81. The fourth-order valence-corrected chi connectivity index (χ4v) is 4.64. The molecule has 0 bridgehead atoms. The Morgan fingerprint density at radius 1 is 1.22 bits per heavy atom. The van der Waals surface area contributed by atoms with Gasteiger partial charge in [-0.1, -0.05) is 23.7 Å². The molecule has 1 saturated heterocycles. The molecule has 1 aromatic carbocycles. The van der Waals surface area contributed by atoms with Gasteiger partial charge in [0.2, 0.25) is 0 Å². The average Bonchev–Trinajstić information content (AvgIpc) is 2.94. The van der Waals surface area contributed by atoms with Gasteiger partial charge in [-0.3, -0.25) is 4.90 Å². The van der Waals surface area contributed by atoms with E-state index in [9.17, 15) is 8.42 Å². The molecule has 0 atom stereocenters. The smallest absolute Gasteiger partial charge is 0.183 e. The summed E-state index contributed by atoms with van der Waals surface area (Å²) in [5.41, 5.74) is 2.23. The first kappa shape index (κ1) is 16.7. The molecule has 3 rings (SSSR count). The van der Waals surface area contributed by atoms with E-state index in [0.29, 0.717) is 24.1 Å². The van der Waals surface area contributed by atoms with Gasteiger partial charge in [0.1, 0.15) is 0 Å². The van der Waals surface area contributed by atoms with Crippen molar-refractivity contribution in [1.29, 1.82) is 0 Å².